The molecule has 1 N–H and O–H groups in total. The Bertz CT molecular complexity index is 1350. The Kier molecular flexibility index (Phi) is 5.18. The number of rotatable bonds is 4. The minimum absolute atomic E-state index is 0.0581. The molecule has 0 bridgehead atoms. The van der Waals surface area contributed by atoms with Gasteiger partial charge in [-0.1, -0.05) is 24.3 Å². The lowest BCUT2D eigenvalue weighted by Crippen LogP contribution is -2.29. The molecule has 5 rings (SSSR count). The van der Waals surface area contributed by atoms with E-state index in [9.17, 15) is 9.90 Å². The Hall–Kier alpha value is -3.25. The summed E-state index contributed by atoms with van der Waals surface area (Å²) in [5.41, 5.74) is 7.46. The van der Waals surface area contributed by atoms with E-state index in [2.05, 4.69) is 41.3 Å². The minimum Gasteiger partial charge on any atom is -0.391 e. The van der Waals surface area contributed by atoms with Gasteiger partial charge in [0.25, 0.3) is 5.56 Å². The van der Waals surface area contributed by atoms with E-state index in [1.54, 1.807) is 15.6 Å². The molecule has 1 aliphatic carbocycles. The third-order valence-electron chi connectivity index (χ3n) is 6.94. The number of benzene rings is 2. The number of aromatic nitrogens is 4. The van der Waals surface area contributed by atoms with Crippen LogP contribution in [-0.2, 0) is 13.5 Å². The largest absolute Gasteiger partial charge is 0.391 e. The molecule has 6 heteroatoms. The second-order valence-corrected chi connectivity index (χ2v) is 8.98. The number of hydrogen-bond acceptors (Lipinski definition) is 4. The smallest absolute Gasteiger partial charge is 0.261 e. The normalized spacial score (nSPS) is 18.5. The van der Waals surface area contributed by atoms with Crippen LogP contribution < -0.4 is 5.56 Å². The Morgan fingerprint density at radius 3 is 2.53 bits per heavy atom. The Balaban J connectivity index is 1.51. The minimum atomic E-state index is -0.476. The third kappa shape index (κ3) is 3.54. The van der Waals surface area contributed by atoms with E-state index in [0.29, 0.717) is 5.39 Å². The molecule has 0 spiro atoms. The van der Waals surface area contributed by atoms with Crippen LogP contribution in [-0.4, -0.2) is 30.5 Å². The molecule has 1 aliphatic rings. The highest BCUT2D eigenvalue weighted by atomic mass is 16.3. The van der Waals surface area contributed by atoms with Gasteiger partial charge in [-0.15, -0.1) is 0 Å². The molecule has 0 amide bonds. The molecular formula is C26H28N4O2. The first-order valence-electron chi connectivity index (χ1n) is 11.2. The van der Waals surface area contributed by atoms with Crippen LogP contribution in [0.4, 0.5) is 0 Å². The molecule has 2 aromatic heterocycles. The highest BCUT2D eigenvalue weighted by Gasteiger charge is 2.28. The summed E-state index contributed by atoms with van der Waals surface area (Å²) in [6, 6.07) is 10.3. The zero-order valence-electron chi connectivity index (χ0n) is 18.7. The molecule has 2 atom stereocenters. The monoisotopic (exact) mass is 428 g/mol. The molecule has 32 heavy (non-hydrogen) atoms. The second-order valence-electron chi connectivity index (χ2n) is 8.98. The number of aliphatic hydroxyl groups excluding tert-OH is 1. The van der Waals surface area contributed by atoms with Gasteiger partial charge in [-0.25, -0.2) is 4.98 Å². The number of hydrogen-bond donors (Lipinski definition) is 1. The van der Waals surface area contributed by atoms with Gasteiger partial charge in [0.05, 0.1) is 35.6 Å². The molecule has 2 heterocycles. The SMILES string of the molecule is Cc1c(Cc2ccc(-c3cnn(C)c3)cc2)cc2c(=O)n([C@@H]3CCC[C@H]3O)cnc2c1C. The summed E-state index contributed by atoms with van der Waals surface area (Å²) in [5, 5.41) is 15.2. The van der Waals surface area contributed by atoms with Crippen molar-refractivity contribution in [3.8, 4) is 11.1 Å². The molecule has 6 nitrogen and oxygen atoms in total. The van der Waals surface area contributed by atoms with Crippen molar-refractivity contribution in [2.45, 2.75) is 51.7 Å². The maximum atomic E-state index is 13.3. The van der Waals surface area contributed by atoms with E-state index in [1.165, 1.54) is 11.1 Å². The fourth-order valence-corrected chi connectivity index (χ4v) is 4.88. The molecule has 0 saturated heterocycles. The van der Waals surface area contributed by atoms with E-state index < -0.39 is 6.10 Å². The summed E-state index contributed by atoms with van der Waals surface area (Å²) in [4.78, 5) is 18.0. The maximum Gasteiger partial charge on any atom is 0.261 e. The van der Waals surface area contributed by atoms with Crippen molar-refractivity contribution in [2.75, 3.05) is 0 Å². The molecule has 164 valence electrons. The molecule has 0 unspecified atom stereocenters. The van der Waals surface area contributed by atoms with Gasteiger partial charge in [0.2, 0.25) is 0 Å². The predicted octanol–water partition coefficient (Wildman–Crippen LogP) is 4.09. The van der Waals surface area contributed by atoms with E-state index in [-0.39, 0.29) is 11.6 Å². The third-order valence-corrected chi connectivity index (χ3v) is 6.94. The molecule has 0 aliphatic heterocycles. The zero-order chi connectivity index (χ0) is 22.4. The van der Waals surface area contributed by atoms with E-state index in [1.807, 2.05) is 32.4 Å². The highest BCUT2D eigenvalue weighted by molar-refractivity contribution is 5.83. The van der Waals surface area contributed by atoms with E-state index in [4.69, 9.17) is 0 Å². The van der Waals surface area contributed by atoms with Gasteiger partial charge in [0.15, 0.2) is 0 Å². The summed E-state index contributed by atoms with van der Waals surface area (Å²) in [5.74, 6) is 0. The van der Waals surface area contributed by atoms with Crippen LogP contribution in [0.5, 0.6) is 0 Å². The van der Waals surface area contributed by atoms with Crippen molar-refractivity contribution in [1.29, 1.82) is 0 Å². The summed E-state index contributed by atoms with van der Waals surface area (Å²) < 4.78 is 3.44. The van der Waals surface area contributed by atoms with Crippen LogP contribution in [0.25, 0.3) is 22.0 Å². The number of nitrogens with zero attached hydrogens (tertiary/aromatic N) is 4. The van der Waals surface area contributed by atoms with Crippen LogP contribution in [0.15, 0.2) is 53.8 Å². The average Bonchev–Trinajstić information content (AvgIpc) is 3.41. The van der Waals surface area contributed by atoms with Crippen LogP contribution >= 0.6 is 0 Å². The lowest BCUT2D eigenvalue weighted by atomic mass is 9.94. The first kappa shape index (κ1) is 20.6. The fourth-order valence-electron chi connectivity index (χ4n) is 4.88. The lowest BCUT2D eigenvalue weighted by Gasteiger charge is -2.19. The summed E-state index contributed by atoms with van der Waals surface area (Å²) in [6.45, 7) is 4.13. The second kappa shape index (κ2) is 8.02. The number of fused-ring (bicyclic) bond motifs is 1. The van der Waals surface area contributed by atoms with Crippen LogP contribution in [0.3, 0.4) is 0 Å². The molecule has 0 radical (unpaired) electrons. The molecule has 1 fully saturated rings. The molecule has 2 aromatic carbocycles. The van der Waals surface area contributed by atoms with Crippen LogP contribution in [0.2, 0.25) is 0 Å². The zero-order valence-corrected chi connectivity index (χ0v) is 18.7. The van der Waals surface area contributed by atoms with Crippen LogP contribution in [0, 0.1) is 13.8 Å². The highest BCUT2D eigenvalue weighted by Crippen LogP contribution is 2.30. The van der Waals surface area contributed by atoms with Crippen molar-refractivity contribution in [1.82, 2.24) is 19.3 Å². The van der Waals surface area contributed by atoms with Gasteiger partial charge in [0, 0.05) is 18.8 Å². The van der Waals surface area contributed by atoms with Gasteiger partial charge in [0.1, 0.15) is 0 Å². The Labute approximate surface area is 187 Å². The molecular weight excluding hydrogens is 400 g/mol. The molecule has 1 saturated carbocycles. The van der Waals surface area contributed by atoms with Gasteiger partial charge in [-0.05, 0) is 73.4 Å². The molecule has 4 aromatic rings. The van der Waals surface area contributed by atoms with Gasteiger partial charge >= 0.3 is 0 Å². The number of aliphatic hydroxyl groups is 1. The lowest BCUT2D eigenvalue weighted by molar-refractivity contribution is 0.134. The van der Waals surface area contributed by atoms with Gasteiger partial charge in [-0.3, -0.25) is 14.0 Å². The van der Waals surface area contributed by atoms with Gasteiger partial charge < -0.3 is 5.11 Å². The maximum absolute atomic E-state index is 13.3. The summed E-state index contributed by atoms with van der Waals surface area (Å²) in [7, 11) is 1.92. The Morgan fingerprint density at radius 2 is 1.88 bits per heavy atom. The Morgan fingerprint density at radius 1 is 1.09 bits per heavy atom. The average molecular weight is 429 g/mol. The van der Waals surface area contributed by atoms with Crippen molar-refractivity contribution in [3.05, 3.63) is 81.7 Å². The van der Waals surface area contributed by atoms with E-state index in [0.717, 1.165) is 53.5 Å². The standard InChI is InChI=1S/C26H28N4O2/c1-16-17(2)25-22(26(32)30(15-27-25)23-5-4-6-24(23)31)12-20(16)11-18-7-9-19(10-8-18)21-13-28-29(3)14-21/h7-10,12-15,23-24,31H,4-6,11H2,1-3H3/t23-,24-/m1/s1. The topological polar surface area (TPSA) is 72.9 Å². The van der Waals surface area contributed by atoms with Crippen molar-refractivity contribution in [3.63, 3.8) is 0 Å². The van der Waals surface area contributed by atoms with Crippen molar-refractivity contribution >= 4 is 10.9 Å². The quantitative estimate of drug-likeness (QED) is 0.531. The van der Waals surface area contributed by atoms with Crippen molar-refractivity contribution in [2.24, 2.45) is 7.05 Å². The van der Waals surface area contributed by atoms with Crippen LogP contribution in [0.1, 0.15) is 47.6 Å². The first-order valence-corrected chi connectivity index (χ1v) is 11.2. The fraction of sp³-hybridized carbons (Fsp3) is 0.346. The van der Waals surface area contributed by atoms with E-state index >= 15 is 0 Å². The van der Waals surface area contributed by atoms with Crippen molar-refractivity contribution < 1.29 is 5.11 Å². The summed E-state index contributed by atoms with van der Waals surface area (Å²) in [6.07, 6.45) is 8.25. The predicted molar refractivity (Wildman–Crippen MR) is 126 cm³/mol. The van der Waals surface area contributed by atoms with Gasteiger partial charge in [-0.2, -0.15) is 5.10 Å². The summed E-state index contributed by atoms with van der Waals surface area (Å²) >= 11 is 0. The first-order chi connectivity index (χ1) is 15.4. The number of aryl methyl sites for hydroxylation is 2.